The zero-order valence-electron chi connectivity index (χ0n) is 15.3. The summed E-state index contributed by atoms with van der Waals surface area (Å²) in [5.74, 6) is 0.0475. The lowest BCUT2D eigenvalue weighted by atomic mass is 9.91. The summed E-state index contributed by atoms with van der Waals surface area (Å²) >= 11 is 0. The van der Waals surface area contributed by atoms with Crippen LogP contribution in [0.5, 0.6) is 28.7 Å². The molecule has 3 N–H and O–H groups in total. The van der Waals surface area contributed by atoms with E-state index in [1.165, 1.54) is 31.4 Å². The molecular weight excluding hydrogens is 348 g/mol. The molecule has 1 heterocycles. The second-order valence-electron chi connectivity index (χ2n) is 6.71. The monoisotopic (exact) mass is 370 g/mol. The molecule has 6 nitrogen and oxygen atoms in total. The van der Waals surface area contributed by atoms with Crippen molar-refractivity contribution in [2.75, 3.05) is 7.11 Å². The molecule has 3 rings (SSSR count). The number of hydrogen-bond acceptors (Lipinski definition) is 6. The molecule has 1 aliphatic heterocycles. The average Bonchev–Trinajstić information content (AvgIpc) is 2.59. The van der Waals surface area contributed by atoms with E-state index in [2.05, 4.69) is 6.58 Å². The molecule has 0 fully saturated rings. The first-order valence-corrected chi connectivity index (χ1v) is 8.60. The maximum Gasteiger partial charge on any atom is 0.174 e. The topological polar surface area (TPSA) is 96.2 Å². The van der Waals surface area contributed by atoms with E-state index in [0.29, 0.717) is 29.5 Å². The number of methoxy groups -OCH3 is 1. The number of carbonyl (C=O) groups is 1. The number of aromatic hydroxyl groups is 3. The van der Waals surface area contributed by atoms with Gasteiger partial charge in [-0.25, -0.2) is 0 Å². The van der Waals surface area contributed by atoms with E-state index in [1.54, 1.807) is 0 Å². The Kier molecular flexibility index (Phi) is 4.99. The standard InChI is InChI=1S/C21H22O6/c1-11(2)4-6-14-16(24)9-19(26-3)20-17(25)10-18(27-21(14)20)13-7-5-12(22)8-15(13)23/h5,7-9,18,22-24H,1,4,6,10H2,2-3H3. The van der Waals surface area contributed by atoms with Crippen molar-refractivity contribution in [2.45, 2.75) is 32.3 Å². The van der Waals surface area contributed by atoms with E-state index < -0.39 is 6.10 Å². The zero-order valence-corrected chi connectivity index (χ0v) is 15.3. The van der Waals surface area contributed by atoms with Gasteiger partial charge in [0.25, 0.3) is 0 Å². The third-order valence-electron chi connectivity index (χ3n) is 4.62. The average molecular weight is 370 g/mol. The van der Waals surface area contributed by atoms with E-state index in [-0.39, 0.29) is 41.0 Å². The summed E-state index contributed by atoms with van der Waals surface area (Å²) in [6, 6.07) is 5.56. The molecule has 2 aromatic carbocycles. The quantitative estimate of drug-likeness (QED) is 0.688. The number of benzene rings is 2. The van der Waals surface area contributed by atoms with Crippen molar-refractivity contribution in [1.82, 2.24) is 0 Å². The Morgan fingerprint density at radius 1 is 1.26 bits per heavy atom. The van der Waals surface area contributed by atoms with Crippen LogP contribution in [0.1, 0.15) is 47.4 Å². The first-order valence-electron chi connectivity index (χ1n) is 8.60. The molecule has 1 unspecified atom stereocenters. The van der Waals surface area contributed by atoms with Crippen molar-refractivity contribution in [1.29, 1.82) is 0 Å². The molecule has 1 aliphatic rings. The van der Waals surface area contributed by atoms with Crippen LogP contribution in [0.25, 0.3) is 0 Å². The van der Waals surface area contributed by atoms with Gasteiger partial charge in [-0.05, 0) is 31.9 Å². The summed E-state index contributed by atoms with van der Waals surface area (Å²) in [6.07, 6.45) is 0.348. The maximum atomic E-state index is 12.8. The summed E-state index contributed by atoms with van der Waals surface area (Å²) in [6.45, 7) is 5.76. The summed E-state index contributed by atoms with van der Waals surface area (Å²) in [5, 5.41) is 30.1. The Hall–Kier alpha value is -3.15. The van der Waals surface area contributed by atoms with Gasteiger partial charge in [-0.3, -0.25) is 4.79 Å². The van der Waals surface area contributed by atoms with E-state index in [0.717, 1.165) is 5.57 Å². The Labute approximate surface area is 157 Å². The number of phenolic OH excluding ortho intramolecular Hbond substituents is 3. The molecule has 0 radical (unpaired) electrons. The zero-order chi connectivity index (χ0) is 19.7. The van der Waals surface area contributed by atoms with Crippen molar-refractivity contribution in [3.63, 3.8) is 0 Å². The number of allylic oxidation sites excluding steroid dienone is 1. The molecule has 0 aromatic heterocycles. The molecule has 0 aliphatic carbocycles. The van der Waals surface area contributed by atoms with Crippen molar-refractivity contribution in [3.8, 4) is 28.7 Å². The van der Waals surface area contributed by atoms with Crippen LogP contribution < -0.4 is 9.47 Å². The maximum absolute atomic E-state index is 12.8. The molecular formula is C21H22O6. The fourth-order valence-electron chi connectivity index (χ4n) is 3.23. The van der Waals surface area contributed by atoms with Gasteiger partial charge < -0.3 is 24.8 Å². The summed E-state index contributed by atoms with van der Waals surface area (Å²) < 4.78 is 11.3. The third kappa shape index (κ3) is 3.56. The molecule has 0 saturated heterocycles. The van der Waals surface area contributed by atoms with E-state index in [4.69, 9.17) is 9.47 Å². The normalized spacial score (nSPS) is 15.8. The SMILES string of the molecule is C=C(C)CCc1c(O)cc(OC)c2c1OC(c1ccc(O)cc1O)CC2=O. The minimum Gasteiger partial charge on any atom is -0.508 e. The van der Waals surface area contributed by atoms with Crippen LogP contribution in [0.4, 0.5) is 0 Å². The molecule has 0 bridgehead atoms. The largest absolute Gasteiger partial charge is 0.508 e. The molecule has 2 aromatic rings. The van der Waals surface area contributed by atoms with Crippen LogP contribution in [0.15, 0.2) is 36.4 Å². The number of carbonyl (C=O) groups excluding carboxylic acids is 1. The Morgan fingerprint density at radius 2 is 2.00 bits per heavy atom. The van der Waals surface area contributed by atoms with E-state index >= 15 is 0 Å². The number of ether oxygens (including phenoxy) is 2. The summed E-state index contributed by atoms with van der Waals surface area (Å²) in [7, 11) is 1.42. The molecule has 27 heavy (non-hydrogen) atoms. The summed E-state index contributed by atoms with van der Waals surface area (Å²) in [5.41, 5.74) is 2.13. The van der Waals surface area contributed by atoms with Crippen molar-refractivity contribution < 1.29 is 29.6 Å². The van der Waals surface area contributed by atoms with E-state index in [1.807, 2.05) is 6.92 Å². The van der Waals surface area contributed by atoms with Gasteiger partial charge in [-0.1, -0.05) is 5.57 Å². The second-order valence-corrected chi connectivity index (χ2v) is 6.71. The number of fused-ring (bicyclic) bond motifs is 1. The third-order valence-corrected chi connectivity index (χ3v) is 4.62. The predicted molar refractivity (Wildman–Crippen MR) is 99.9 cm³/mol. The van der Waals surface area contributed by atoms with Crippen LogP contribution in [-0.2, 0) is 6.42 Å². The van der Waals surface area contributed by atoms with Crippen LogP contribution in [0, 0.1) is 0 Å². The lowest BCUT2D eigenvalue weighted by Gasteiger charge is -2.29. The highest BCUT2D eigenvalue weighted by Crippen LogP contribution is 2.47. The highest BCUT2D eigenvalue weighted by Gasteiger charge is 2.35. The molecule has 1 atom stereocenters. The first kappa shape index (κ1) is 18.6. The molecule has 0 amide bonds. The van der Waals surface area contributed by atoms with Gasteiger partial charge in [0.1, 0.15) is 40.4 Å². The summed E-state index contributed by atoms with van der Waals surface area (Å²) in [4.78, 5) is 12.8. The highest BCUT2D eigenvalue weighted by atomic mass is 16.5. The first-order chi connectivity index (χ1) is 12.8. The number of phenols is 3. The van der Waals surface area contributed by atoms with Crippen molar-refractivity contribution in [2.24, 2.45) is 0 Å². The predicted octanol–water partition coefficient (Wildman–Crippen LogP) is 4.03. The van der Waals surface area contributed by atoms with Crippen molar-refractivity contribution >= 4 is 5.78 Å². The van der Waals surface area contributed by atoms with Gasteiger partial charge in [0.2, 0.25) is 0 Å². The van der Waals surface area contributed by atoms with Crippen LogP contribution in [-0.4, -0.2) is 28.2 Å². The van der Waals surface area contributed by atoms with Gasteiger partial charge in [0, 0.05) is 23.3 Å². The number of rotatable bonds is 5. The lowest BCUT2D eigenvalue weighted by Crippen LogP contribution is -2.22. The van der Waals surface area contributed by atoms with Gasteiger partial charge >= 0.3 is 0 Å². The number of Topliss-reactive ketones (excluding diaryl/α,β-unsaturated/α-hetero) is 1. The van der Waals surface area contributed by atoms with Gasteiger partial charge in [-0.15, -0.1) is 6.58 Å². The lowest BCUT2D eigenvalue weighted by molar-refractivity contribution is 0.0839. The minimum absolute atomic E-state index is 0.00635. The van der Waals surface area contributed by atoms with Crippen molar-refractivity contribution in [3.05, 3.63) is 53.1 Å². The molecule has 6 heteroatoms. The Bertz CT molecular complexity index is 915. The Morgan fingerprint density at radius 3 is 2.63 bits per heavy atom. The molecule has 0 spiro atoms. The van der Waals surface area contributed by atoms with Gasteiger partial charge in [0.05, 0.1) is 13.5 Å². The fraction of sp³-hybridized carbons (Fsp3) is 0.286. The fourth-order valence-corrected chi connectivity index (χ4v) is 3.23. The molecule has 142 valence electrons. The minimum atomic E-state index is -0.735. The van der Waals surface area contributed by atoms with Gasteiger partial charge in [0.15, 0.2) is 5.78 Å². The van der Waals surface area contributed by atoms with Crippen LogP contribution in [0.3, 0.4) is 0 Å². The van der Waals surface area contributed by atoms with Gasteiger partial charge in [-0.2, -0.15) is 0 Å². The van der Waals surface area contributed by atoms with E-state index in [9.17, 15) is 20.1 Å². The number of ketones is 1. The Balaban J connectivity index is 2.09. The van der Waals surface area contributed by atoms with Crippen LogP contribution >= 0.6 is 0 Å². The second kappa shape index (κ2) is 7.23. The highest BCUT2D eigenvalue weighted by molar-refractivity contribution is 6.03. The number of hydrogen-bond donors (Lipinski definition) is 3. The smallest absolute Gasteiger partial charge is 0.174 e. The van der Waals surface area contributed by atoms with Crippen LogP contribution in [0.2, 0.25) is 0 Å². The molecule has 0 saturated carbocycles.